The number of hydrogen-bond acceptors (Lipinski definition) is 5. The predicted octanol–water partition coefficient (Wildman–Crippen LogP) is 3.55. The third-order valence-corrected chi connectivity index (χ3v) is 6.47. The van der Waals surface area contributed by atoms with E-state index in [1.54, 1.807) is 6.92 Å². The summed E-state index contributed by atoms with van der Waals surface area (Å²) < 4.78 is 18.3. The first-order valence-electron chi connectivity index (χ1n) is 9.42. The summed E-state index contributed by atoms with van der Waals surface area (Å²) in [5.74, 6) is -0.244. The molecule has 0 N–H and O–H groups in total. The highest BCUT2D eigenvalue weighted by Crippen LogP contribution is 2.61. The van der Waals surface area contributed by atoms with E-state index in [4.69, 9.17) is 14.2 Å². The van der Waals surface area contributed by atoms with Crippen molar-refractivity contribution in [2.24, 2.45) is 11.8 Å². The first-order valence-corrected chi connectivity index (χ1v) is 9.42. The van der Waals surface area contributed by atoms with Crippen LogP contribution >= 0.6 is 0 Å². The molecule has 2 bridgehead atoms. The van der Waals surface area contributed by atoms with Crippen LogP contribution in [-0.4, -0.2) is 35.3 Å². The van der Waals surface area contributed by atoms with Gasteiger partial charge in [-0.05, 0) is 38.2 Å². The van der Waals surface area contributed by atoms with Crippen LogP contribution in [-0.2, 0) is 23.8 Å². The molecule has 140 valence electrons. The number of hydrogen-bond donors (Lipinski definition) is 0. The molecule has 2 fully saturated rings. The molecule has 0 radical (unpaired) electrons. The Hall–Kier alpha value is -1.36. The number of esters is 2. The smallest absolute Gasteiger partial charge is 0.305 e. The second-order valence-corrected chi connectivity index (χ2v) is 8.25. The molecule has 0 spiro atoms. The van der Waals surface area contributed by atoms with Crippen molar-refractivity contribution < 1.29 is 23.8 Å². The van der Waals surface area contributed by atoms with E-state index in [-0.39, 0.29) is 29.9 Å². The van der Waals surface area contributed by atoms with E-state index in [2.05, 4.69) is 27.7 Å². The van der Waals surface area contributed by atoms with Gasteiger partial charge in [0.15, 0.2) is 6.10 Å². The second-order valence-electron chi connectivity index (χ2n) is 8.25. The number of ether oxygens (including phenoxy) is 3. The van der Waals surface area contributed by atoms with Crippen LogP contribution in [0.5, 0.6) is 0 Å². The van der Waals surface area contributed by atoms with E-state index in [0.29, 0.717) is 12.8 Å². The molecule has 2 saturated heterocycles. The van der Waals surface area contributed by atoms with Crippen molar-refractivity contribution in [1.82, 2.24) is 0 Å². The first-order chi connectivity index (χ1) is 11.7. The average Bonchev–Trinajstić information content (AvgIpc) is 3.03. The molecule has 0 saturated carbocycles. The Bertz CT molecular complexity index is 622. The Morgan fingerprint density at radius 3 is 2.56 bits per heavy atom. The lowest BCUT2D eigenvalue weighted by molar-refractivity contribution is -0.224. The van der Waals surface area contributed by atoms with E-state index < -0.39 is 17.3 Å². The molecule has 1 aliphatic carbocycles. The van der Waals surface area contributed by atoms with Crippen molar-refractivity contribution in [2.45, 2.75) is 90.6 Å². The van der Waals surface area contributed by atoms with Gasteiger partial charge in [0.2, 0.25) is 0 Å². The van der Waals surface area contributed by atoms with E-state index >= 15 is 0 Å². The maximum Gasteiger partial charge on any atom is 0.305 e. The van der Waals surface area contributed by atoms with Crippen molar-refractivity contribution in [3.63, 3.8) is 0 Å². The minimum atomic E-state index is -0.642. The Kier molecular flexibility index (Phi) is 4.51. The number of fused-ring (bicyclic) bond motifs is 4. The molecular weight excluding hydrogens is 320 g/mol. The van der Waals surface area contributed by atoms with Gasteiger partial charge in [-0.2, -0.15) is 0 Å². The lowest BCUT2D eigenvalue weighted by Crippen LogP contribution is -2.58. The van der Waals surface area contributed by atoms with Gasteiger partial charge in [0.1, 0.15) is 17.3 Å². The highest BCUT2D eigenvalue weighted by atomic mass is 16.6. The quantitative estimate of drug-likeness (QED) is 0.573. The zero-order valence-corrected chi connectivity index (χ0v) is 16.2. The fourth-order valence-corrected chi connectivity index (χ4v) is 5.07. The molecule has 3 aliphatic rings. The maximum absolute atomic E-state index is 12.0. The molecule has 25 heavy (non-hydrogen) atoms. The summed E-state index contributed by atoms with van der Waals surface area (Å²) in [7, 11) is 0. The van der Waals surface area contributed by atoms with E-state index in [0.717, 1.165) is 12.8 Å². The van der Waals surface area contributed by atoms with Crippen LogP contribution in [0, 0.1) is 11.8 Å². The Labute approximate surface area is 150 Å². The summed E-state index contributed by atoms with van der Waals surface area (Å²) >= 11 is 0. The summed E-state index contributed by atoms with van der Waals surface area (Å²) in [5, 5.41) is 0. The number of carbonyl (C=O) groups excluding carboxylic acids is 2. The molecule has 0 aromatic carbocycles. The summed E-state index contributed by atoms with van der Waals surface area (Å²) in [6.45, 7) is 11.6. The largest absolute Gasteiger partial charge is 0.459 e. The van der Waals surface area contributed by atoms with Crippen LogP contribution in [0.3, 0.4) is 0 Å². The van der Waals surface area contributed by atoms with Crippen molar-refractivity contribution in [1.29, 1.82) is 0 Å². The van der Waals surface area contributed by atoms with Gasteiger partial charge in [0.25, 0.3) is 0 Å². The summed E-state index contributed by atoms with van der Waals surface area (Å²) in [6.07, 6.45) is 2.13. The monoisotopic (exact) mass is 350 g/mol. The van der Waals surface area contributed by atoms with Gasteiger partial charge in [-0.1, -0.05) is 26.3 Å². The van der Waals surface area contributed by atoms with Crippen molar-refractivity contribution >= 4 is 11.9 Å². The topological polar surface area (TPSA) is 61.8 Å². The third-order valence-electron chi connectivity index (χ3n) is 6.47. The highest BCUT2D eigenvalue weighted by Gasteiger charge is 2.69. The molecule has 5 unspecified atom stereocenters. The molecule has 0 aromatic heterocycles. The van der Waals surface area contributed by atoms with Gasteiger partial charge in [-0.25, -0.2) is 0 Å². The molecular formula is C20H30O5. The molecule has 0 aromatic rings. The van der Waals surface area contributed by atoms with Crippen LogP contribution in [0.25, 0.3) is 0 Å². The number of allylic oxidation sites excluding steroid dienone is 1. The Morgan fingerprint density at radius 2 is 2.00 bits per heavy atom. The Morgan fingerprint density at radius 1 is 1.32 bits per heavy atom. The molecule has 5 heteroatoms. The van der Waals surface area contributed by atoms with Gasteiger partial charge < -0.3 is 14.2 Å². The van der Waals surface area contributed by atoms with Crippen LogP contribution in [0.1, 0.15) is 67.2 Å². The fraction of sp³-hybridized carbons (Fsp3) is 0.800. The Balaban J connectivity index is 2.10. The predicted molar refractivity (Wildman–Crippen MR) is 92.8 cm³/mol. The minimum Gasteiger partial charge on any atom is -0.459 e. The van der Waals surface area contributed by atoms with E-state index in [9.17, 15) is 9.59 Å². The summed E-state index contributed by atoms with van der Waals surface area (Å²) in [4.78, 5) is 23.9. The molecule has 5 nitrogen and oxygen atoms in total. The van der Waals surface area contributed by atoms with Crippen molar-refractivity contribution in [3.8, 4) is 0 Å². The minimum absolute atomic E-state index is 0.126. The molecule has 0 amide bonds. The zero-order valence-electron chi connectivity index (χ0n) is 16.2. The van der Waals surface area contributed by atoms with Gasteiger partial charge >= 0.3 is 11.9 Å². The van der Waals surface area contributed by atoms with Crippen LogP contribution in [0.15, 0.2) is 11.1 Å². The number of rotatable bonds is 4. The molecule has 3 rings (SSSR count). The van der Waals surface area contributed by atoms with Crippen LogP contribution in [0.4, 0.5) is 0 Å². The molecule has 2 heterocycles. The van der Waals surface area contributed by atoms with Gasteiger partial charge in [0, 0.05) is 25.7 Å². The SMILES string of the molecule is CCC(=O)OC1CC2(C(C)C)OC1(C)C1CCC(C)=C1C2OC(C)=O. The maximum atomic E-state index is 12.0. The van der Waals surface area contributed by atoms with Gasteiger partial charge in [-0.3, -0.25) is 9.59 Å². The first kappa shape index (κ1) is 18.4. The summed E-state index contributed by atoms with van der Waals surface area (Å²) in [6, 6.07) is 0. The molecule has 2 aliphatic heterocycles. The van der Waals surface area contributed by atoms with E-state index in [1.165, 1.54) is 18.1 Å². The van der Waals surface area contributed by atoms with Crippen molar-refractivity contribution in [2.75, 3.05) is 0 Å². The molecule has 5 atom stereocenters. The van der Waals surface area contributed by atoms with Crippen LogP contribution < -0.4 is 0 Å². The standard InChI is InChI=1S/C20H30O5/c1-7-16(22)24-15-10-20(11(2)3)18(23-13(5)21)17-12(4)8-9-14(17)19(15,6)25-20/h11,14-15,18H,7-10H2,1-6H3. The second kappa shape index (κ2) is 6.11. The highest BCUT2D eigenvalue weighted by molar-refractivity contribution is 5.69. The lowest BCUT2D eigenvalue weighted by atomic mass is 9.74. The average molecular weight is 350 g/mol. The summed E-state index contributed by atoms with van der Waals surface area (Å²) in [5.41, 5.74) is 1.29. The third kappa shape index (κ3) is 2.62. The van der Waals surface area contributed by atoms with Crippen LogP contribution in [0.2, 0.25) is 0 Å². The van der Waals surface area contributed by atoms with E-state index in [1.807, 2.05) is 0 Å². The van der Waals surface area contributed by atoms with Crippen molar-refractivity contribution in [3.05, 3.63) is 11.1 Å². The zero-order chi connectivity index (χ0) is 18.6. The number of carbonyl (C=O) groups is 2. The van der Waals surface area contributed by atoms with Gasteiger partial charge in [0.05, 0.1) is 0 Å². The fourth-order valence-electron chi connectivity index (χ4n) is 5.07. The van der Waals surface area contributed by atoms with Gasteiger partial charge in [-0.15, -0.1) is 0 Å². The lowest BCUT2D eigenvalue weighted by Gasteiger charge is -2.50. The normalized spacial score (nSPS) is 39.6.